The fraction of sp³-hybridized carbons (Fsp3) is 0.733. The second-order valence-corrected chi connectivity index (χ2v) is 5.57. The highest BCUT2D eigenvalue weighted by Gasteiger charge is 2.18. The summed E-state index contributed by atoms with van der Waals surface area (Å²) in [5.41, 5.74) is 1.27. The molecule has 0 aliphatic carbocycles. The summed E-state index contributed by atoms with van der Waals surface area (Å²) in [4.78, 5) is 25.6. The zero-order valence-electron chi connectivity index (χ0n) is 12.1. The predicted molar refractivity (Wildman–Crippen MR) is 78.2 cm³/mol. The lowest BCUT2D eigenvalue weighted by atomic mass is 10.1. The average molecular weight is 279 g/mol. The maximum Gasteiger partial charge on any atom is 0.239 e. The SMILES string of the molecule is O=C(CN1CCCCCCC1=O)NCC1=CCNCC1. The first-order chi connectivity index (χ1) is 9.75. The summed E-state index contributed by atoms with van der Waals surface area (Å²) in [5, 5.41) is 6.17. The molecule has 2 heterocycles. The van der Waals surface area contributed by atoms with E-state index < -0.39 is 0 Å². The number of likely N-dealkylation sites (tertiary alicyclic amines) is 1. The summed E-state index contributed by atoms with van der Waals surface area (Å²) in [6, 6.07) is 0. The third-order valence-corrected chi connectivity index (χ3v) is 3.93. The van der Waals surface area contributed by atoms with Crippen molar-refractivity contribution in [3.8, 4) is 0 Å². The quantitative estimate of drug-likeness (QED) is 0.749. The zero-order chi connectivity index (χ0) is 14.2. The Morgan fingerprint density at radius 1 is 1.25 bits per heavy atom. The van der Waals surface area contributed by atoms with Crippen LogP contribution in [-0.4, -0.2) is 49.4 Å². The van der Waals surface area contributed by atoms with Crippen molar-refractivity contribution in [2.24, 2.45) is 0 Å². The van der Waals surface area contributed by atoms with Gasteiger partial charge in [-0.05, 0) is 25.8 Å². The van der Waals surface area contributed by atoms with E-state index in [9.17, 15) is 9.59 Å². The molecule has 0 saturated carbocycles. The largest absolute Gasteiger partial charge is 0.351 e. The van der Waals surface area contributed by atoms with Gasteiger partial charge >= 0.3 is 0 Å². The van der Waals surface area contributed by atoms with Gasteiger partial charge in [-0.1, -0.05) is 24.5 Å². The molecular weight excluding hydrogens is 254 g/mol. The van der Waals surface area contributed by atoms with Crippen LogP contribution in [0.15, 0.2) is 11.6 Å². The van der Waals surface area contributed by atoms with Gasteiger partial charge in [0.05, 0.1) is 6.54 Å². The van der Waals surface area contributed by atoms with E-state index in [0.29, 0.717) is 13.0 Å². The number of nitrogens with zero attached hydrogens (tertiary/aromatic N) is 1. The molecule has 2 aliphatic rings. The van der Waals surface area contributed by atoms with Crippen molar-refractivity contribution in [3.63, 3.8) is 0 Å². The summed E-state index contributed by atoms with van der Waals surface area (Å²) in [7, 11) is 0. The fourth-order valence-corrected chi connectivity index (χ4v) is 2.65. The highest BCUT2D eigenvalue weighted by Crippen LogP contribution is 2.11. The summed E-state index contributed by atoms with van der Waals surface area (Å²) in [5.74, 6) is 0.0827. The van der Waals surface area contributed by atoms with Gasteiger partial charge in [-0.25, -0.2) is 0 Å². The molecule has 112 valence electrons. The first-order valence-electron chi connectivity index (χ1n) is 7.69. The topological polar surface area (TPSA) is 61.4 Å². The number of carbonyl (C=O) groups excluding carboxylic acids is 2. The lowest BCUT2D eigenvalue weighted by molar-refractivity contribution is -0.136. The van der Waals surface area contributed by atoms with E-state index in [1.165, 1.54) is 5.57 Å². The number of carbonyl (C=O) groups is 2. The Kier molecular flexibility index (Phi) is 6.05. The first-order valence-corrected chi connectivity index (χ1v) is 7.69. The van der Waals surface area contributed by atoms with Crippen LogP contribution in [0.4, 0.5) is 0 Å². The van der Waals surface area contributed by atoms with Crippen LogP contribution in [0.3, 0.4) is 0 Å². The molecule has 0 radical (unpaired) electrons. The molecule has 2 aliphatic heterocycles. The molecule has 0 aromatic heterocycles. The number of hydrogen-bond acceptors (Lipinski definition) is 3. The molecule has 0 aromatic rings. The van der Waals surface area contributed by atoms with Crippen molar-refractivity contribution in [2.75, 3.05) is 32.7 Å². The Bertz CT molecular complexity index is 379. The zero-order valence-corrected chi connectivity index (χ0v) is 12.1. The molecule has 1 fully saturated rings. The van der Waals surface area contributed by atoms with Gasteiger partial charge in [0.2, 0.25) is 11.8 Å². The van der Waals surface area contributed by atoms with E-state index in [-0.39, 0.29) is 18.4 Å². The number of hydrogen-bond donors (Lipinski definition) is 2. The van der Waals surface area contributed by atoms with Crippen LogP contribution < -0.4 is 10.6 Å². The van der Waals surface area contributed by atoms with Crippen LogP contribution in [0.2, 0.25) is 0 Å². The molecule has 5 heteroatoms. The lowest BCUT2D eigenvalue weighted by Crippen LogP contribution is -2.42. The Morgan fingerprint density at radius 2 is 2.10 bits per heavy atom. The standard InChI is InChI=1S/C15H25N3O2/c19-14(17-11-13-6-8-16-9-7-13)12-18-10-4-2-1-3-5-15(18)20/h6,16H,1-5,7-12H2,(H,17,19). The monoisotopic (exact) mass is 279 g/mol. The summed E-state index contributed by atoms with van der Waals surface area (Å²) >= 11 is 0. The van der Waals surface area contributed by atoms with E-state index in [1.807, 2.05) is 0 Å². The van der Waals surface area contributed by atoms with Gasteiger partial charge in [-0.15, -0.1) is 0 Å². The van der Waals surface area contributed by atoms with Crippen LogP contribution in [0.5, 0.6) is 0 Å². The molecule has 0 aromatic carbocycles. The number of rotatable bonds is 4. The van der Waals surface area contributed by atoms with Crippen LogP contribution in [0.25, 0.3) is 0 Å². The normalized spacial score (nSPS) is 20.9. The van der Waals surface area contributed by atoms with E-state index in [4.69, 9.17) is 0 Å². The van der Waals surface area contributed by atoms with Gasteiger partial charge in [0.25, 0.3) is 0 Å². The second-order valence-electron chi connectivity index (χ2n) is 5.57. The summed E-state index contributed by atoms with van der Waals surface area (Å²) in [6.07, 6.45) is 7.96. The number of nitrogens with one attached hydrogen (secondary N) is 2. The Balaban J connectivity index is 1.74. The minimum Gasteiger partial charge on any atom is -0.351 e. The van der Waals surface area contributed by atoms with Gasteiger partial charge in [-0.3, -0.25) is 9.59 Å². The van der Waals surface area contributed by atoms with Crippen LogP contribution in [-0.2, 0) is 9.59 Å². The van der Waals surface area contributed by atoms with Gasteiger partial charge in [0.15, 0.2) is 0 Å². The van der Waals surface area contributed by atoms with Gasteiger partial charge in [-0.2, -0.15) is 0 Å². The minimum absolute atomic E-state index is 0.0432. The Hall–Kier alpha value is -1.36. The van der Waals surface area contributed by atoms with Crippen molar-refractivity contribution in [3.05, 3.63) is 11.6 Å². The maximum atomic E-state index is 11.9. The highest BCUT2D eigenvalue weighted by molar-refractivity contribution is 5.84. The van der Waals surface area contributed by atoms with E-state index in [2.05, 4.69) is 16.7 Å². The molecule has 2 amide bonds. The molecular formula is C15H25N3O2. The third kappa shape index (κ3) is 4.96. The molecule has 0 spiro atoms. The maximum absolute atomic E-state index is 11.9. The molecule has 0 atom stereocenters. The second kappa shape index (κ2) is 8.04. The van der Waals surface area contributed by atoms with E-state index in [0.717, 1.165) is 51.7 Å². The molecule has 2 rings (SSSR count). The average Bonchev–Trinajstić information content (AvgIpc) is 2.46. The Labute approximate surface area is 120 Å². The van der Waals surface area contributed by atoms with Crippen molar-refractivity contribution < 1.29 is 9.59 Å². The van der Waals surface area contributed by atoms with Crippen LogP contribution in [0.1, 0.15) is 38.5 Å². The van der Waals surface area contributed by atoms with Crippen molar-refractivity contribution in [1.82, 2.24) is 15.5 Å². The smallest absolute Gasteiger partial charge is 0.239 e. The van der Waals surface area contributed by atoms with E-state index in [1.54, 1.807) is 4.90 Å². The molecule has 5 nitrogen and oxygen atoms in total. The molecule has 20 heavy (non-hydrogen) atoms. The third-order valence-electron chi connectivity index (χ3n) is 3.93. The first kappa shape index (κ1) is 15.0. The summed E-state index contributed by atoms with van der Waals surface area (Å²) in [6.45, 7) is 3.41. The van der Waals surface area contributed by atoms with Crippen LogP contribution in [0, 0.1) is 0 Å². The lowest BCUT2D eigenvalue weighted by Gasteiger charge is -2.24. The van der Waals surface area contributed by atoms with Crippen molar-refractivity contribution >= 4 is 11.8 Å². The molecule has 0 unspecified atom stereocenters. The van der Waals surface area contributed by atoms with Crippen molar-refractivity contribution in [1.29, 1.82) is 0 Å². The van der Waals surface area contributed by atoms with E-state index >= 15 is 0 Å². The highest BCUT2D eigenvalue weighted by atomic mass is 16.2. The van der Waals surface area contributed by atoms with Crippen molar-refractivity contribution in [2.45, 2.75) is 38.5 Å². The predicted octanol–water partition coefficient (Wildman–Crippen LogP) is 0.815. The fourth-order valence-electron chi connectivity index (χ4n) is 2.65. The molecule has 1 saturated heterocycles. The summed E-state index contributed by atoms with van der Waals surface area (Å²) < 4.78 is 0. The molecule has 2 N–H and O–H groups in total. The Morgan fingerprint density at radius 3 is 2.90 bits per heavy atom. The van der Waals surface area contributed by atoms with Gasteiger partial charge < -0.3 is 15.5 Å². The molecule has 0 bridgehead atoms. The van der Waals surface area contributed by atoms with Gasteiger partial charge in [0, 0.05) is 26.1 Å². The van der Waals surface area contributed by atoms with Crippen LogP contribution >= 0.6 is 0 Å². The minimum atomic E-state index is -0.0432. The van der Waals surface area contributed by atoms with Gasteiger partial charge in [0.1, 0.15) is 0 Å². The number of amides is 2.